The summed E-state index contributed by atoms with van der Waals surface area (Å²) in [5.41, 5.74) is 1.28. The zero-order valence-electron chi connectivity index (χ0n) is 19.0. The third-order valence-corrected chi connectivity index (χ3v) is 6.30. The van der Waals surface area contributed by atoms with Gasteiger partial charge in [0.1, 0.15) is 17.3 Å². The van der Waals surface area contributed by atoms with E-state index in [1.807, 2.05) is 59.6 Å². The van der Waals surface area contributed by atoms with Crippen LogP contribution in [-0.2, 0) is 6.54 Å². The van der Waals surface area contributed by atoms with Gasteiger partial charge in [0.05, 0.1) is 23.7 Å². The van der Waals surface area contributed by atoms with E-state index in [0.717, 1.165) is 35.1 Å². The summed E-state index contributed by atoms with van der Waals surface area (Å²) in [6, 6.07) is 16.7. The zero-order chi connectivity index (χ0) is 23.3. The standard InChI is InChI=1S/C25H26N6O2S/c1-34-25-28-22(30-14-7-8-15-30)20-17-27-31(23(20)29-25)16-13-26-24(32)19-11-5-6-12-21(19)33-18-9-3-2-4-10-18/h2-6,9-12,17H,7-8,13-16H2,1H3,(H,26,32). The molecule has 1 N–H and O–H groups in total. The number of hydrogen-bond acceptors (Lipinski definition) is 7. The monoisotopic (exact) mass is 474 g/mol. The number of hydrogen-bond donors (Lipinski definition) is 1. The first kappa shape index (κ1) is 22.2. The molecule has 1 amide bonds. The van der Waals surface area contributed by atoms with Crippen LogP contribution in [-0.4, -0.2) is 51.5 Å². The fourth-order valence-electron chi connectivity index (χ4n) is 4.08. The van der Waals surface area contributed by atoms with Crippen LogP contribution >= 0.6 is 11.8 Å². The lowest BCUT2D eigenvalue weighted by Gasteiger charge is -2.17. The van der Waals surface area contributed by atoms with Crippen molar-refractivity contribution in [3.63, 3.8) is 0 Å². The maximum absolute atomic E-state index is 12.9. The van der Waals surface area contributed by atoms with E-state index in [1.165, 1.54) is 24.6 Å². The topological polar surface area (TPSA) is 85.2 Å². The second kappa shape index (κ2) is 10.1. The molecule has 2 aromatic heterocycles. The number of amides is 1. The van der Waals surface area contributed by atoms with Gasteiger partial charge in [-0.05, 0) is 43.4 Å². The SMILES string of the molecule is CSc1nc(N2CCCC2)c2cnn(CCNC(=O)c3ccccc3Oc3ccccc3)c2n1. The molecule has 8 nitrogen and oxygen atoms in total. The molecular weight excluding hydrogens is 448 g/mol. The number of ether oxygens (including phenoxy) is 1. The Labute approximate surface area is 202 Å². The molecule has 34 heavy (non-hydrogen) atoms. The summed E-state index contributed by atoms with van der Waals surface area (Å²) < 4.78 is 7.76. The number of benzene rings is 2. The summed E-state index contributed by atoms with van der Waals surface area (Å²) in [5.74, 6) is 1.96. The quantitative estimate of drug-likeness (QED) is 0.300. The Morgan fingerprint density at radius 3 is 2.62 bits per heavy atom. The van der Waals surface area contributed by atoms with Crippen LogP contribution in [0.1, 0.15) is 23.2 Å². The molecule has 0 radical (unpaired) electrons. The average molecular weight is 475 g/mol. The first-order valence-electron chi connectivity index (χ1n) is 11.4. The Bertz CT molecular complexity index is 1290. The molecule has 3 heterocycles. The highest BCUT2D eigenvalue weighted by Crippen LogP contribution is 2.29. The maximum atomic E-state index is 12.9. The molecule has 0 spiro atoms. The van der Waals surface area contributed by atoms with E-state index in [2.05, 4.69) is 15.3 Å². The van der Waals surface area contributed by atoms with Gasteiger partial charge >= 0.3 is 0 Å². The first-order chi connectivity index (χ1) is 16.7. The van der Waals surface area contributed by atoms with Gasteiger partial charge in [-0.3, -0.25) is 4.79 Å². The van der Waals surface area contributed by atoms with E-state index >= 15 is 0 Å². The molecule has 1 saturated heterocycles. The number of carbonyl (C=O) groups excluding carboxylic acids is 1. The minimum Gasteiger partial charge on any atom is -0.457 e. The highest BCUT2D eigenvalue weighted by Gasteiger charge is 2.20. The van der Waals surface area contributed by atoms with E-state index in [9.17, 15) is 4.79 Å². The van der Waals surface area contributed by atoms with Gasteiger partial charge in [-0.1, -0.05) is 42.1 Å². The Kier molecular flexibility index (Phi) is 6.62. The van der Waals surface area contributed by atoms with Crippen molar-refractivity contribution in [3.05, 3.63) is 66.4 Å². The maximum Gasteiger partial charge on any atom is 0.255 e. The van der Waals surface area contributed by atoms with Crippen molar-refractivity contribution in [1.82, 2.24) is 25.1 Å². The predicted octanol–water partition coefficient (Wildman–Crippen LogP) is 4.37. The minimum absolute atomic E-state index is 0.194. The average Bonchev–Trinajstić information content (AvgIpc) is 3.55. The number of nitrogens with zero attached hydrogens (tertiary/aromatic N) is 5. The highest BCUT2D eigenvalue weighted by molar-refractivity contribution is 7.98. The van der Waals surface area contributed by atoms with Crippen LogP contribution in [0.5, 0.6) is 11.5 Å². The number of aromatic nitrogens is 4. The van der Waals surface area contributed by atoms with Gasteiger partial charge in [-0.2, -0.15) is 5.10 Å². The van der Waals surface area contributed by atoms with Crippen LogP contribution in [0.3, 0.4) is 0 Å². The molecule has 0 unspecified atom stereocenters. The number of carbonyl (C=O) groups is 1. The largest absolute Gasteiger partial charge is 0.457 e. The van der Waals surface area contributed by atoms with Crippen LogP contribution in [0.15, 0.2) is 66.0 Å². The highest BCUT2D eigenvalue weighted by atomic mass is 32.2. The Morgan fingerprint density at radius 2 is 1.82 bits per heavy atom. The molecule has 1 fully saturated rings. The smallest absolute Gasteiger partial charge is 0.255 e. The number of anilines is 1. The number of rotatable bonds is 8. The second-order valence-electron chi connectivity index (χ2n) is 8.00. The zero-order valence-corrected chi connectivity index (χ0v) is 19.8. The molecular formula is C25H26N6O2S. The van der Waals surface area contributed by atoms with Gasteiger partial charge in [-0.15, -0.1) is 0 Å². The first-order valence-corrected chi connectivity index (χ1v) is 12.6. The van der Waals surface area contributed by atoms with Crippen LogP contribution in [0.25, 0.3) is 11.0 Å². The van der Waals surface area contributed by atoms with Gasteiger partial charge < -0.3 is 15.0 Å². The Hall–Kier alpha value is -3.59. The summed E-state index contributed by atoms with van der Waals surface area (Å²) >= 11 is 1.52. The number of para-hydroxylation sites is 2. The molecule has 9 heteroatoms. The van der Waals surface area contributed by atoms with Crippen molar-refractivity contribution in [1.29, 1.82) is 0 Å². The molecule has 4 aromatic rings. The molecule has 1 aliphatic rings. The second-order valence-corrected chi connectivity index (χ2v) is 8.77. The summed E-state index contributed by atoms with van der Waals surface area (Å²) in [4.78, 5) is 24.7. The summed E-state index contributed by atoms with van der Waals surface area (Å²) in [5, 5.41) is 9.22. The van der Waals surface area contributed by atoms with Crippen LogP contribution in [0, 0.1) is 0 Å². The van der Waals surface area contributed by atoms with Gasteiger partial charge in [0.2, 0.25) is 0 Å². The summed E-state index contributed by atoms with van der Waals surface area (Å²) in [6.07, 6.45) is 6.16. The molecule has 0 bridgehead atoms. The third-order valence-electron chi connectivity index (χ3n) is 5.76. The van der Waals surface area contributed by atoms with E-state index in [-0.39, 0.29) is 5.91 Å². The fourth-order valence-corrected chi connectivity index (χ4v) is 4.43. The molecule has 0 atom stereocenters. The van der Waals surface area contributed by atoms with Crippen molar-refractivity contribution >= 4 is 34.5 Å². The van der Waals surface area contributed by atoms with Crippen LogP contribution in [0.4, 0.5) is 5.82 Å². The summed E-state index contributed by atoms with van der Waals surface area (Å²) in [6.45, 7) is 2.92. The lowest BCUT2D eigenvalue weighted by Crippen LogP contribution is -2.28. The van der Waals surface area contributed by atoms with Gasteiger partial charge in [0, 0.05) is 19.6 Å². The fraction of sp³-hybridized carbons (Fsp3) is 0.280. The molecule has 174 valence electrons. The third kappa shape index (κ3) is 4.70. The normalized spacial score (nSPS) is 13.4. The van der Waals surface area contributed by atoms with E-state index in [4.69, 9.17) is 14.7 Å². The van der Waals surface area contributed by atoms with E-state index < -0.39 is 0 Å². The van der Waals surface area contributed by atoms with E-state index in [0.29, 0.717) is 30.2 Å². The van der Waals surface area contributed by atoms with Crippen molar-refractivity contribution < 1.29 is 9.53 Å². The van der Waals surface area contributed by atoms with Crippen molar-refractivity contribution in [2.75, 3.05) is 30.8 Å². The lowest BCUT2D eigenvalue weighted by molar-refractivity contribution is 0.0949. The number of nitrogens with one attached hydrogen (secondary N) is 1. The summed E-state index contributed by atoms with van der Waals surface area (Å²) in [7, 11) is 0. The van der Waals surface area contributed by atoms with E-state index in [1.54, 1.807) is 12.1 Å². The van der Waals surface area contributed by atoms with Crippen molar-refractivity contribution in [2.45, 2.75) is 24.5 Å². The van der Waals surface area contributed by atoms with Crippen molar-refractivity contribution in [2.24, 2.45) is 0 Å². The molecule has 0 aliphatic carbocycles. The Morgan fingerprint density at radius 1 is 1.06 bits per heavy atom. The predicted molar refractivity (Wildman–Crippen MR) is 134 cm³/mol. The van der Waals surface area contributed by atoms with Gasteiger partial charge in [-0.25, -0.2) is 14.6 Å². The van der Waals surface area contributed by atoms with Crippen LogP contribution in [0.2, 0.25) is 0 Å². The Balaban J connectivity index is 1.30. The lowest BCUT2D eigenvalue weighted by atomic mass is 10.2. The van der Waals surface area contributed by atoms with Crippen molar-refractivity contribution in [3.8, 4) is 11.5 Å². The van der Waals surface area contributed by atoms with Gasteiger partial charge in [0.25, 0.3) is 5.91 Å². The number of fused-ring (bicyclic) bond motifs is 1. The number of thioether (sulfide) groups is 1. The molecule has 1 aliphatic heterocycles. The van der Waals surface area contributed by atoms with Gasteiger partial charge in [0.15, 0.2) is 10.8 Å². The molecule has 5 rings (SSSR count). The molecule has 0 saturated carbocycles. The van der Waals surface area contributed by atoms with Crippen LogP contribution < -0.4 is 15.0 Å². The molecule has 2 aromatic carbocycles. The minimum atomic E-state index is -0.194.